The Morgan fingerprint density at radius 1 is 1.11 bits per heavy atom. The minimum Gasteiger partial charge on any atom is -0.411 e. The van der Waals surface area contributed by atoms with Gasteiger partial charge in [-0.25, -0.2) is 8.78 Å². The topological polar surface area (TPSA) is 68.0 Å². The van der Waals surface area contributed by atoms with Gasteiger partial charge in [-0.15, -0.1) is 10.2 Å². The van der Waals surface area contributed by atoms with E-state index in [0.29, 0.717) is 5.89 Å². The molecule has 5 nitrogen and oxygen atoms in total. The van der Waals surface area contributed by atoms with Crippen molar-refractivity contribution in [3.8, 4) is 11.5 Å². The summed E-state index contributed by atoms with van der Waals surface area (Å²) in [7, 11) is 0. The van der Waals surface area contributed by atoms with E-state index in [1.807, 2.05) is 24.3 Å². The third kappa shape index (κ3) is 4.95. The van der Waals surface area contributed by atoms with Gasteiger partial charge < -0.3 is 9.73 Å². The average Bonchev–Trinajstić information content (AvgIpc) is 3.11. The number of halogens is 2. The van der Waals surface area contributed by atoms with E-state index in [4.69, 9.17) is 4.42 Å². The quantitative estimate of drug-likeness (QED) is 0.604. The van der Waals surface area contributed by atoms with E-state index < -0.39 is 17.5 Å². The number of thioether (sulfide) groups is 1. The number of carbonyl (C=O) groups excluding carboxylic acids is 1. The molecule has 146 valence electrons. The molecule has 1 aromatic heterocycles. The lowest BCUT2D eigenvalue weighted by Crippen LogP contribution is -2.15. The molecule has 0 unspecified atom stereocenters. The molecule has 0 aliphatic carbocycles. The first-order valence-electron chi connectivity index (χ1n) is 8.54. The van der Waals surface area contributed by atoms with E-state index in [-0.39, 0.29) is 22.1 Å². The fraction of sp³-hybridized carbons (Fsp3) is 0.250. The molecular formula is C20H19F2N3O2S. The van der Waals surface area contributed by atoms with Gasteiger partial charge in [0.15, 0.2) is 0 Å². The second-order valence-corrected chi connectivity index (χ2v) is 8.09. The van der Waals surface area contributed by atoms with Gasteiger partial charge in [0.05, 0.1) is 11.4 Å². The van der Waals surface area contributed by atoms with Crippen molar-refractivity contribution in [2.24, 2.45) is 0 Å². The molecule has 0 atom stereocenters. The van der Waals surface area contributed by atoms with Gasteiger partial charge in [0.25, 0.3) is 5.22 Å². The zero-order valence-electron chi connectivity index (χ0n) is 15.6. The number of nitrogens with zero attached hydrogens (tertiary/aromatic N) is 2. The molecule has 0 aliphatic heterocycles. The molecule has 0 saturated carbocycles. The highest BCUT2D eigenvalue weighted by molar-refractivity contribution is 7.99. The summed E-state index contributed by atoms with van der Waals surface area (Å²) in [6.07, 6.45) is 0. The lowest BCUT2D eigenvalue weighted by molar-refractivity contribution is -0.113. The van der Waals surface area contributed by atoms with Crippen LogP contribution in [0.1, 0.15) is 26.3 Å². The molecule has 0 bridgehead atoms. The Kier molecular flexibility index (Phi) is 5.79. The van der Waals surface area contributed by atoms with Crippen LogP contribution in [0.15, 0.2) is 52.1 Å². The van der Waals surface area contributed by atoms with Crippen molar-refractivity contribution in [1.29, 1.82) is 0 Å². The molecule has 1 heterocycles. The zero-order chi connectivity index (χ0) is 20.3. The summed E-state index contributed by atoms with van der Waals surface area (Å²) < 4.78 is 32.3. The Hall–Kier alpha value is -2.74. The number of nitrogens with one attached hydrogen (secondary N) is 1. The van der Waals surface area contributed by atoms with Crippen molar-refractivity contribution < 1.29 is 18.0 Å². The molecule has 28 heavy (non-hydrogen) atoms. The van der Waals surface area contributed by atoms with Gasteiger partial charge in [0.1, 0.15) is 11.6 Å². The van der Waals surface area contributed by atoms with Crippen molar-refractivity contribution >= 4 is 23.4 Å². The molecule has 1 amide bonds. The Morgan fingerprint density at radius 3 is 2.50 bits per heavy atom. The summed E-state index contributed by atoms with van der Waals surface area (Å²) in [4.78, 5) is 11.9. The van der Waals surface area contributed by atoms with Crippen LogP contribution in [-0.4, -0.2) is 21.9 Å². The first kappa shape index (κ1) is 20.0. The van der Waals surface area contributed by atoms with Crippen LogP contribution in [-0.2, 0) is 10.2 Å². The summed E-state index contributed by atoms with van der Waals surface area (Å²) >= 11 is 1.01. The number of aromatic nitrogens is 2. The number of rotatable bonds is 5. The summed E-state index contributed by atoms with van der Waals surface area (Å²) in [6, 6.07) is 10.7. The van der Waals surface area contributed by atoms with Crippen molar-refractivity contribution in [3.63, 3.8) is 0 Å². The number of amides is 1. The van der Waals surface area contributed by atoms with Crippen molar-refractivity contribution in [3.05, 3.63) is 59.7 Å². The van der Waals surface area contributed by atoms with Gasteiger partial charge in [-0.2, -0.15) is 0 Å². The maximum atomic E-state index is 13.6. The Balaban J connectivity index is 1.60. The van der Waals surface area contributed by atoms with E-state index in [1.54, 1.807) is 0 Å². The monoisotopic (exact) mass is 403 g/mol. The zero-order valence-corrected chi connectivity index (χ0v) is 16.4. The van der Waals surface area contributed by atoms with Crippen molar-refractivity contribution in [2.45, 2.75) is 31.4 Å². The van der Waals surface area contributed by atoms with Crippen molar-refractivity contribution in [1.82, 2.24) is 10.2 Å². The fourth-order valence-electron chi connectivity index (χ4n) is 2.40. The second kappa shape index (κ2) is 8.10. The number of anilines is 1. The third-order valence-electron chi connectivity index (χ3n) is 3.93. The van der Waals surface area contributed by atoms with Gasteiger partial charge in [-0.05, 0) is 35.2 Å². The van der Waals surface area contributed by atoms with Crippen LogP contribution in [0.4, 0.5) is 14.5 Å². The molecule has 0 fully saturated rings. The summed E-state index contributed by atoms with van der Waals surface area (Å²) in [6.45, 7) is 6.39. The van der Waals surface area contributed by atoms with Gasteiger partial charge in [-0.1, -0.05) is 44.7 Å². The predicted molar refractivity (Wildman–Crippen MR) is 104 cm³/mol. The predicted octanol–water partition coefficient (Wildman–Crippen LogP) is 5.04. The number of benzene rings is 2. The first-order chi connectivity index (χ1) is 13.2. The van der Waals surface area contributed by atoms with E-state index in [1.165, 1.54) is 5.56 Å². The van der Waals surface area contributed by atoms with Crippen molar-refractivity contribution in [2.75, 3.05) is 11.1 Å². The van der Waals surface area contributed by atoms with Crippen LogP contribution in [0.25, 0.3) is 11.5 Å². The number of hydrogen-bond acceptors (Lipinski definition) is 5. The van der Waals surface area contributed by atoms with Gasteiger partial charge >= 0.3 is 0 Å². The Bertz CT molecular complexity index is 982. The SMILES string of the molecule is CC(C)(C)c1ccc(-c2nnc(SCC(=O)Nc3cc(F)ccc3F)o2)cc1. The van der Waals surface area contributed by atoms with Gasteiger partial charge in [-0.3, -0.25) is 4.79 Å². The van der Waals surface area contributed by atoms with E-state index in [2.05, 4.69) is 36.3 Å². The average molecular weight is 403 g/mol. The van der Waals surface area contributed by atoms with Crippen LogP contribution in [0.2, 0.25) is 0 Å². The fourth-order valence-corrected chi connectivity index (χ4v) is 2.97. The molecule has 3 aromatic rings. The van der Waals surface area contributed by atoms with E-state index >= 15 is 0 Å². The smallest absolute Gasteiger partial charge is 0.277 e. The summed E-state index contributed by atoms with van der Waals surface area (Å²) in [5.41, 5.74) is 1.80. The second-order valence-electron chi connectivity index (χ2n) is 7.16. The lowest BCUT2D eigenvalue weighted by atomic mass is 9.87. The van der Waals surface area contributed by atoms with Crippen LogP contribution in [0.5, 0.6) is 0 Å². The third-order valence-corrected chi connectivity index (χ3v) is 4.75. The van der Waals surface area contributed by atoms with Crippen LogP contribution < -0.4 is 5.32 Å². The maximum absolute atomic E-state index is 13.6. The first-order valence-corrected chi connectivity index (χ1v) is 9.53. The molecule has 1 N–H and O–H groups in total. The minimum atomic E-state index is -0.710. The highest BCUT2D eigenvalue weighted by atomic mass is 32.2. The largest absolute Gasteiger partial charge is 0.411 e. The summed E-state index contributed by atoms with van der Waals surface area (Å²) in [5, 5.41) is 10.4. The molecule has 0 spiro atoms. The highest BCUT2D eigenvalue weighted by Gasteiger charge is 2.16. The Labute approximate surface area is 165 Å². The van der Waals surface area contributed by atoms with Gasteiger partial charge in [0.2, 0.25) is 11.8 Å². The van der Waals surface area contributed by atoms with Crippen LogP contribution in [0.3, 0.4) is 0 Å². The molecular weight excluding hydrogens is 384 g/mol. The van der Waals surface area contributed by atoms with Crippen LogP contribution in [0, 0.1) is 11.6 Å². The summed E-state index contributed by atoms with van der Waals surface area (Å²) in [5.74, 6) is -1.59. The number of hydrogen-bond donors (Lipinski definition) is 1. The highest BCUT2D eigenvalue weighted by Crippen LogP contribution is 2.27. The normalized spacial score (nSPS) is 11.5. The Morgan fingerprint density at radius 2 is 1.82 bits per heavy atom. The molecule has 0 saturated heterocycles. The van der Waals surface area contributed by atoms with E-state index in [0.717, 1.165) is 35.5 Å². The lowest BCUT2D eigenvalue weighted by Gasteiger charge is -2.18. The van der Waals surface area contributed by atoms with Crippen LogP contribution >= 0.6 is 11.8 Å². The molecule has 0 radical (unpaired) electrons. The van der Waals surface area contributed by atoms with E-state index in [9.17, 15) is 13.6 Å². The minimum absolute atomic E-state index is 0.0445. The standard InChI is InChI=1S/C20H19F2N3O2S/c1-20(2,3)13-6-4-12(5-7-13)18-24-25-19(27-18)28-11-17(26)23-16-10-14(21)8-9-15(16)22/h4-10H,11H2,1-3H3,(H,23,26). The molecule has 8 heteroatoms. The molecule has 2 aromatic carbocycles. The maximum Gasteiger partial charge on any atom is 0.277 e. The van der Waals surface area contributed by atoms with Gasteiger partial charge in [0, 0.05) is 11.6 Å². The molecule has 3 rings (SSSR count). The molecule has 0 aliphatic rings. The number of carbonyl (C=O) groups is 1.